The van der Waals surface area contributed by atoms with Gasteiger partial charge in [0.25, 0.3) is 0 Å². The first-order valence-electron chi connectivity index (χ1n) is 4.25. The molecule has 0 aliphatic heterocycles. The first-order chi connectivity index (χ1) is 4.74. The average Bonchev–Trinajstić information content (AvgIpc) is 2.34. The second-order valence-electron chi connectivity index (χ2n) is 3.43. The van der Waals surface area contributed by atoms with Crippen molar-refractivity contribution in [2.24, 2.45) is 11.8 Å². The van der Waals surface area contributed by atoms with Crippen LogP contribution in [0.4, 0.5) is 0 Å². The Morgan fingerprint density at radius 2 is 2.40 bits per heavy atom. The van der Waals surface area contributed by atoms with Crippen LogP contribution in [-0.4, -0.2) is 5.78 Å². The lowest BCUT2D eigenvalue weighted by molar-refractivity contribution is -0.117. The van der Waals surface area contributed by atoms with Gasteiger partial charge in [-0.3, -0.25) is 4.79 Å². The van der Waals surface area contributed by atoms with E-state index in [0.29, 0.717) is 11.7 Å². The summed E-state index contributed by atoms with van der Waals surface area (Å²) in [5, 5.41) is 0. The quantitative estimate of drug-likeness (QED) is 0.575. The maximum Gasteiger partial charge on any atom is 0.133 e. The fraction of sp³-hybridized carbons (Fsp3) is 0.889. The van der Waals surface area contributed by atoms with E-state index in [4.69, 9.17) is 0 Å². The van der Waals surface area contributed by atoms with E-state index >= 15 is 0 Å². The molecule has 1 aliphatic rings. The van der Waals surface area contributed by atoms with E-state index in [9.17, 15) is 4.79 Å². The number of ketones is 1. The molecule has 1 aliphatic carbocycles. The van der Waals surface area contributed by atoms with Crippen molar-refractivity contribution < 1.29 is 4.79 Å². The standard InChI is InChI=1S/C9H16O/c1-3-7(2)8-4-5-9(10)6-8/h7-8H,3-6H2,1-2H3. The lowest BCUT2D eigenvalue weighted by Crippen LogP contribution is -2.06. The van der Waals surface area contributed by atoms with Crippen LogP contribution in [0, 0.1) is 11.8 Å². The van der Waals surface area contributed by atoms with Crippen LogP contribution in [0.1, 0.15) is 39.5 Å². The highest BCUT2D eigenvalue weighted by molar-refractivity contribution is 5.80. The van der Waals surface area contributed by atoms with Gasteiger partial charge in [0.15, 0.2) is 0 Å². The van der Waals surface area contributed by atoms with Gasteiger partial charge in [-0.05, 0) is 18.3 Å². The lowest BCUT2D eigenvalue weighted by atomic mass is 9.91. The largest absolute Gasteiger partial charge is 0.300 e. The van der Waals surface area contributed by atoms with E-state index in [0.717, 1.165) is 25.2 Å². The number of carbonyl (C=O) groups is 1. The molecule has 2 unspecified atom stereocenters. The van der Waals surface area contributed by atoms with Gasteiger partial charge in [0.1, 0.15) is 5.78 Å². The van der Waals surface area contributed by atoms with Gasteiger partial charge in [-0.2, -0.15) is 0 Å². The van der Waals surface area contributed by atoms with E-state index in [1.54, 1.807) is 0 Å². The summed E-state index contributed by atoms with van der Waals surface area (Å²) in [5.74, 6) is 1.94. The summed E-state index contributed by atoms with van der Waals surface area (Å²) in [5.41, 5.74) is 0. The van der Waals surface area contributed by atoms with Crippen LogP contribution in [0.15, 0.2) is 0 Å². The van der Waals surface area contributed by atoms with Gasteiger partial charge in [0, 0.05) is 12.8 Å². The van der Waals surface area contributed by atoms with Crippen LogP contribution >= 0.6 is 0 Å². The Bertz CT molecular complexity index is 129. The van der Waals surface area contributed by atoms with Crippen LogP contribution in [0.2, 0.25) is 0 Å². The first-order valence-corrected chi connectivity index (χ1v) is 4.25. The molecule has 0 aromatic heterocycles. The van der Waals surface area contributed by atoms with Crippen LogP contribution in [-0.2, 0) is 4.79 Å². The zero-order valence-electron chi connectivity index (χ0n) is 6.89. The van der Waals surface area contributed by atoms with Gasteiger partial charge in [-0.15, -0.1) is 0 Å². The number of Topliss-reactive ketones (excluding diaryl/α,β-unsaturated/α-hetero) is 1. The highest BCUT2D eigenvalue weighted by Gasteiger charge is 2.25. The highest BCUT2D eigenvalue weighted by atomic mass is 16.1. The molecule has 0 spiro atoms. The van der Waals surface area contributed by atoms with Gasteiger partial charge in [0.2, 0.25) is 0 Å². The molecule has 0 saturated heterocycles. The number of hydrogen-bond donors (Lipinski definition) is 0. The molecule has 10 heavy (non-hydrogen) atoms. The highest BCUT2D eigenvalue weighted by Crippen LogP contribution is 2.30. The van der Waals surface area contributed by atoms with Gasteiger partial charge < -0.3 is 0 Å². The molecule has 2 atom stereocenters. The summed E-state index contributed by atoms with van der Waals surface area (Å²) < 4.78 is 0. The van der Waals surface area contributed by atoms with E-state index < -0.39 is 0 Å². The number of carbonyl (C=O) groups excluding carboxylic acids is 1. The van der Waals surface area contributed by atoms with Crippen molar-refractivity contribution in [3.63, 3.8) is 0 Å². The fourth-order valence-corrected chi connectivity index (χ4v) is 1.66. The van der Waals surface area contributed by atoms with Gasteiger partial charge in [0.05, 0.1) is 0 Å². The van der Waals surface area contributed by atoms with Crippen molar-refractivity contribution in [2.45, 2.75) is 39.5 Å². The van der Waals surface area contributed by atoms with Gasteiger partial charge >= 0.3 is 0 Å². The predicted molar refractivity (Wildman–Crippen MR) is 41.8 cm³/mol. The molecule has 1 nitrogen and oxygen atoms in total. The summed E-state index contributed by atoms with van der Waals surface area (Å²) in [6.07, 6.45) is 4.07. The average molecular weight is 140 g/mol. The van der Waals surface area contributed by atoms with Crippen LogP contribution in [0.5, 0.6) is 0 Å². The van der Waals surface area contributed by atoms with Crippen LogP contribution in [0.25, 0.3) is 0 Å². The summed E-state index contributed by atoms with van der Waals surface area (Å²) in [6, 6.07) is 0. The predicted octanol–water partition coefficient (Wildman–Crippen LogP) is 2.40. The zero-order chi connectivity index (χ0) is 7.56. The van der Waals surface area contributed by atoms with Crippen LogP contribution < -0.4 is 0 Å². The Morgan fingerprint density at radius 1 is 1.70 bits per heavy atom. The van der Waals surface area contributed by atoms with E-state index in [1.807, 2.05) is 0 Å². The maximum atomic E-state index is 10.9. The van der Waals surface area contributed by atoms with Gasteiger partial charge in [-0.25, -0.2) is 0 Å². The van der Waals surface area contributed by atoms with E-state index in [-0.39, 0.29) is 0 Å². The SMILES string of the molecule is CCC(C)C1CCC(=O)C1. The minimum atomic E-state index is 0.477. The molecule has 0 aromatic carbocycles. The molecule has 0 amide bonds. The molecule has 1 rings (SSSR count). The summed E-state index contributed by atoms with van der Waals surface area (Å²) >= 11 is 0. The molecule has 0 aromatic rings. The minimum absolute atomic E-state index is 0.477. The Hall–Kier alpha value is -0.330. The molecule has 1 fully saturated rings. The number of rotatable bonds is 2. The maximum absolute atomic E-state index is 10.9. The van der Waals surface area contributed by atoms with Crippen molar-refractivity contribution in [2.75, 3.05) is 0 Å². The smallest absolute Gasteiger partial charge is 0.133 e. The minimum Gasteiger partial charge on any atom is -0.300 e. The zero-order valence-corrected chi connectivity index (χ0v) is 6.89. The molecule has 1 saturated carbocycles. The third-order valence-electron chi connectivity index (χ3n) is 2.73. The lowest BCUT2D eigenvalue weighted by Gasteiger charge is -2.14. The Morgan fingerprint density at radius 3 is 2.80 bits per heavy atom. The van der Waals surface area contributed by atoms with Crippen molar-refractivity contribution in [1.29, 1.82) is 0 Å². The Kier molecular flexibility index (Phi) is 2.47. The monoisotopic (exact) mass is 140 g/mol. The third kappa shape index (κ3) is 1.59. The third-order valence-corrected chi connectivity index (χ3v) is 2.73. The van der Waals surface area contributed by atoms with Crippen molar-refractivity contribution in [3.8, 4) is 0 Å². The Balaban J connectivity index is 2.36. The number of hydrogen-bond acceptors (Lipinski definition) is 1. The molecule has 1 heteroatoms. The second-order valence-corrected chi connectivity index (χ2v) is 3.43. The Labute approximate surface area is 62.8 Å². The van der Waals surface area contributed by atoms with Gasteiger partial charge in [-0.1, -0.05) is 20.3 Å². The van der Waals surface area contributed by atoms with Crippen molar-refractivity contribution in [3.05, 3.63) is 0 Å². The fourth-order valence-electron chi connectivity index (χ4n) is 1.66. The summed E-state index contributed by atoms with van der Waals surface area (Å²) in [4.78, 5) is 10.9. The molecule has 0 N–H and O–H groups in total. The van der Waals surface area contributed by atoms with Crippen molar-refractivity contribution in [1.82, 2.24) is 0 Å². The van der Waals surface area contributed by atoms with E-state index in [2.05, 4.69) is 13.8 Å². The van der Waals surface area contributed by atoms with Crippen LogP contribution in [0.3, 0.4) is 0 Å². The molecule has 0 bridgehead atoms. The van der Waals surface area contributed by atoms with E-state index in [1.165, 1.54) is 6.42 Å². The molecule has 0 radical (unpaired) electrons. The summed E-state index contributed by atoms with van der Waals surface area (Å²) in [7, 11) is 0. The molecule has 0 heterocycles. The molecular weight excluding hydrogens is 124 g/mol. The topological polar surface area (TPSA) is 17.1 Å². The normalized spacial score (nSPS) is 29.0. The van der Waals surface area contributed by atoms with Crippen molar-refractivity contribution >= 4 is 5.78 Å². The molecule has 58 valence electrons. The second kappa shape index (κ2) is 3.18. The summed E-state index contributed by atoms with van der Waals surface area (Å²) in [6.45, 7) is 4.46. The first kappa shape index (κ1) is 7.77. The molecular formula is C9H16O.